The van der Waals surface area contributed by atoms with E-state index in [-0.39, 0.29) is 6.04 Å². The van der Waals surface area contributed by atoms with Gasteiger partial charge in [-0.3, -0.25) is 9.78 Å². The van der Waals surface area contributed by atoms with Crippen molar-refractivity contribution in [3.05, 3.63) is 36.7 Å². The molecule has 140 valence electrons. The number of rotatable bonds is 5. The van der Waals surface area contributed by atoms with Gasteiger partial charge in [0.05, 0.1) is 24.0 Å². The molecule has 0 saturated heterocycles. The van der Waals surface area contributed by atoms with Crippen molar-refractivity contribution in [2.24, 2.45) is 0 Å². The number of aromatic nitrogens is 5. The Morgan fingerprint density at radius 3 is 2.81 bits per heavy atom. The number of benzene rings is 1. The third-order valence-corrected chi connectivity index (χ3v) is 5.05. The van der Waals surface area contributed by atoms with Gasteiger partial charge in [-0.1, -0.05) is 12.1 Å². The second-order valence-corrected chi connectivity index (χ2v) is 8.38. The molecule has 0 radical (unpaired) electrons. The van der Waals surface area contributed by atoms with Gasteiger partial charge in [0.1, 0.15) is 5.52 Å². The molecule has 0 bridgehead atoms. The molecule has 3 aromatic heterocycles. The third-order valence-electron chi connectivity index (χ3n) is 4.22. The number of nitrogens with one attached hydrogen (secondary N) is 2. The van der Waals surface area contributed by atoms with Crippen molar-refractivity contribution in [3.63, 3.8) is 0 Å². The Labute approximate surface area is 155 Å². The second kappa shape index (κ2) is 6.32. The Hall–Kier alpha value is -2.98. The molecule has 0 saturated carbocycles. The molecule has 0 aliphatic carbocycles. The lowest BCUT2D eigenvalue weighted by Crippen LogP contribution is -2.34. The van der Waals surface area contributed by atoms with E-state index in [1.165, 1.54) is 0 Å². The molecular formula is C17H19N7O2S. The van der Waals surface area contributed by atoms with E-state index in [1.807, 2.05) is 30.5 Å². The van der Waals surface area contributed by atoms with E-state index >= 15 is 0 Å². The topological polar surface area (TPSA) is 132 Å². The quantitative estimate of drug-likeness (QED) is 0.477. The number of anilines is 1. The fourth-order valence-electron chi connectivity index (χ4n) is 3.20. The molecule has 1 aromatic carbocycles. The van der Waals surface area contributed by atoms with Gasteiger partial charge >= 0.3 is 0 Å². The van der Waals surface area contributed by atoms with Gasteiger partial charge in [0.2, 0.25) is 10.0 Å². The van der Waals surface area contributed by atoms with Crippen LogP contribution in [-0.2, 0) is 16.6 Å². The SMILES string of the molecule is C[C@H](Cn1cc2c(n1)c(N)nc1cc(-c3ccn[nH]3)ccc12)NS(C)(=O)=O. The van der Waals surface area contributed by atoms with Crippen molar-refractivity contribution >= 4 is 37.6 Å². The summed E-state index contributed by atoms with van der Waals surface area (Å²) in [6.45, 7) is 2.17. The normalized spacial score (nSPS) is 13.4. The average molecular weight is 385 g/mol. The lowest BCUT2D eigenvalue weighted by atomic mass is 10.1. The Balaban J connectivity index is 1.76. The lowest BCUT2D eigenvalue weighted by molar-refractivity contribution is 0.498. The largest absolute Gasteiger partial charge is 0.382 e. The number of fused-ring (bicyclic) bond motifs is 3. The molecule has 3 heterocycles. The molecule has 4 N–H and O–H groups in total. The Morgan fingerprint density at radius 1 is 1.30 bits per heavy atom. The molecule has 0 aliphatic heterocycles. The number of nitrogens with zero attached hydrogens (tertiary/aromatic N) is 4. The highest BCUT2D eigenvalue weighted by molar-refractivity contribution is 7.88. The smallest absolute Gasteiger partial charge is 0.209 e. The number of nitrogens with two attached hydrogens (primary N) is 1. The van der Waals surface area contributed by atoms with Crippen LogP contribution in [0.3, 0.4) is 0 Å². The van der Waals surface area contributed by atoms with Gasteiger partial charge in [-0.2, -0.15) is 10.2 Å². The maximum absolute atomic E-state index is 11.4. The number of H-pyrrole nitrogens is 1. The van der Waals surface area contributed by atoms with E-state index in [4.69, 9.17) is 5.73 Å². The highest BCUT2D eigenvalue weighted by Crippen LogP contribution is 2.29. The first-order chi connectivity index (χ1) is 12.8. The van der Waals surface area contributed by atoms with Crippen LogP contribution in [0.25, 0.3) is 33.1 Å². The van der Waals surface area contributed by atoms with Crippen LogP contribution in [0.1, 0.15) is 6.92 Å². The minimum absolute atomic E-state index is 0.304. The van der Waals surface area contributed by atoms with Crippen molar-refractivity contribution < 1.29 is 8.42 Å². The maximum Gasteiger partial charge on any atom is 0.209 e. The standard InChI is InChI=1S/C17H19N7O2S/c1-10(23-27(2,25)26)8-24-9-13-12-4-3-11(14-5-6-19-21-14)7-15(12)20-17(18)16(13)22-24/h3-7,9-10,23H,8H2,1-2H3,(H2,18,20)(H,19,21)/t10-/m1/s1. The molecule has 27 heavy (non-hydrogen) atoms. The zero-order valence-electron chi connectivity index (χ0n) is 14.8. The van der Waals surface area contributed by atoms with E-state index in [1.54, 1.807) is 17.8 Å². The molecule has 9 nitrogen and oxygen atoms in total. The van der Waals surface area contributed by atoms with E-state index in [2.05, 4.69) is 25.0 Å². The molecule has 1 atom stereocenters. The first kappa shape index (κ1) is 17.4. The van der Waals surface area contributed by atoms with Crippen molar-refractivity contribution in [3.8, 4) is 11.3 Å². The zero-order valence-corrected chi connectivity index (χ0v) is 15.7. The van der Waals surface area contributed by atoms with Crippen LogP contribution in [0, 0.1) is 0 Å². The highest BCUT2D eigenvalue weighted by Gasteiger charge is 2.14. The Morgan fingerprint density at radius 2 is 2.11 bits per heavy atom. The number of nitrogen functional groups attached to an aromatic ring is 1. The monoisotopic (exact) mass is 385 g/mol. The zero-order chi connectivity index (χ0) is 19.2. The number of sulfonamides is 1. The summed E-state index contributed by atoms with van der Waals surface area (Å²) in [5.41, 5.74) is 9.34. The van der Waals surface area contributed by atoms with Crippen LogP contribution in [0.4, 0.5) is 5.82 Å². The summed E-state index contributed by atoms with van der Waals surface area (Å²) in [7, 11) is -3.28. The third kappa shape index (κ3) is 3.49. The van der Waals surface area contributed by atoms with E-state index in [0.29, 0.717) is 17.9 Å². The van der Waals surface area contributed by atoms with Crippen LogP contribution in [0.5, 0.6) is 0 Å². The first-order valence-corrected chi connectivity index (χ1v) is 10.2. The van der Waals surface area contributed by atoms with Crippen LogP contribution in [-0.4, -0.2) is 45.7 Å². The summed E-state index contributed by atoms with van der Waals surface area (Å²) in [4.78, 5) is 4.48. The van der Waals surface area contributed by atoms with Crippen LogP contribution >= 0.6 is 0 Å². The van der Waals surface area contributed by atoms with Crippen molar-refractivity contribution in [2.45, 2.75) is 19.5 Å². The second-order valence-electron chi connectivity index (χ2n) is 6.60. The summed E-state index contributed by atoms with van der Waals surface area (Å²) < 4.78 is 27.0. The average Bonchev–Trinajstić information content (AvgIpc) is 3.22. The summed E-state index contributed by atoms with van der Waals surface area (Å²) in [6, 6.07) is 7.49. The molecule has 0 aliphatic rings. The number of pyridine rings is 1. The minimum atomic E-state index is -3.28. The number of aromatic amines is 1. The molecule has 0 unspecified atom stereocenters. The first-order valence-electron chi connectivity index (χ1n) is 8.33. The van der Waals surface area contributed by atoms with Crippen molar-refractivity contribution in [2.75, 3.05) is 12.0 Å². The van der Waals surface area contributed by atoms with E-state index in [0.717, 1.165) is 33.8 Å². The molecule has 10 heteroatoms. The summed E-state index contributed by atoms with van der Waals surface area (Å²) >= 11 is 0. The lowest BCUT2D eigenvalue weighted by Gasteiger charge is -2.11. The number of hydrogen-bond donors (Lipinski definition) is 3. The fourth-order valence-corrected chi connectivity index (χ4v) is 4.01. The summed E-state index contributed by atoms with van der Waals surface area (Å²) in [5, 5.41) is 13.2. The number of hydrogen-bond acceptors (Lipinski definition) is 6. The predicted octanol–water partition coefficient (Wildman–Crippen LogP) is 1.49. The van der Waals surface area contributed by atoms with Crippen LogP contribution in [0.15, 0.2) is 36.7 Å². The summed E-state index contributed by atoms with van der Waals surface area (Å²) in [5.74, 6) is 0.335. The van der Waals surface area contributed by atoms with Gasteiger partial charge in [0.25, 0.3) is 0 Å². The predicted molar refractivity (Wildman–Crippen MR) is 104 cm³/mol. The van der Waals surface area contributed by atoms with E-state index in [9.17, 15) is 8.42 Å². The Bertz CT molecular complexity index is 1230. The highest BCUT2D eigenvalue weighted by atomic mass is 32.2. The molecular weight excluding hydrogens is 366 g/mol. The van der Waals surface area contributed by atoms with E-state index < -0.39 is 10.0 Å². The molecule has 0 spiro atoms. The fraction of sp³-hybridized carbons (Fsp3) is 0.235. The Kier molecular flexibility index (Phi) is 4.08. The maximum atomic E-state index is 11.4. The molecule has 0 amide bonds. The van der Waals surface area contributed by atoms with Gasteiger partial charge < -0.3 is 5.73 Å². The molecule has 4 aromatic rings. The van der Waals surface area contributed by atoms with Gasteiger partial charge in [0.15, 0.2) is 5.82 Å². The van der Waals surface area contributed by atoms with Gasteiger partial charge in [-0.05, 0) is 19.1 Å². The van der Waals surface area contributed by atoms with Gasteiger partial charge in [-0.25, -0.2) is 18.1 Å². The van der Waals surface area contributed by atoms with Gasteiger partial charge in [0, 0.05) is 34.8 Å². The van der Waals surface area contributed by atoms with Crippen molar-refractivity contribution in [1.82, 2.24) is 29.7 Å². The minimum Gasteiger partial charge on any atom is -0.382 e. The van der Waals surface area contributed by atoms with Crippen LogP contribution in [0.2, 0.25) is 0 Å². The molecule has 4 rings (SSSR count). The van der Waals surface area contributed by atoms with Gasteiger partial charge in [-0.15, -0.1) is 0 Å². The molecule has 0 fully saturated rings. The van der Waals surface area contributed by atoms with Crippen molar-refractivity contribution in [1.29, 1.82) is 0 Å². The van der Waals surface area contributed by atoms with Crippen LogP contribution < -0.4 is 10.5 Å². The summed E-state index contributed by atoms with van der Waals surface area (Å²) in [6.07, 6.45) is 4.70.